The van der Waals surface area contributed by atoms with Crippen LogP contribution in [0.4, 0.5) is 10.2 Å². The molecule has 4 aromatic heterocycles. The summed E-state index contributed by atoms with van der Waals surface area (Å²) in [6.45, 7) is 1.80. The minimum absolute atomic E-state index is 0.0947. The van der Waals surface area contributed by atoms with Gasteiger partial charge in [0, 0.05) is 40.4 Å². The van der Waals surface area contributed by atoms with E-state index in [9.17, 15) is 14.3 Å². The molecule has 4 N–H and O–H groups in total. The molecule has 0 spiro atoms. The fraction of sp³-hybridized carbons (Fsp3) is 0.444. The van der Waals surface area contributed by atoms with E-state index in [4.69, 9.17) is 10.7 Å². The Morgan fingerprint density at radius 3 is 2.53 bits per heavy atom. The lowest BCUT2D eigenvalue weighted by molar-refractivity contribution is -0.139. The molecule has 2 aliphatic heterocycles. The third kappa shape index (κ3) is 3.52. The number of fused-ring (bicyclic) bond motifs is 3. The summed E-state index contributed by atoms with van der Waals surface area (Å²) in [4.78, 5) is 30.7. The first-order valence-corrected chi connectivity index (χ1v) is 13.1. The number of nitrogens with zero attached hydrogens (tertiary/aromatic N) is 6. The summed E-state index contributed by atoms with van der Waals surface area (Å²) in [5.41, 5.74) is 11.5. The van der Waals surface area contributed by atoms with Crippen molar-refractivity contribution in [2.24, 2.45) is 0 Å². The lowest BCUT2D eigenvalue weighted by atomic mass is 9.72. The fourth-order valence-electron chi connectivity index (χ4n) is 6.76. The lowest BCUT2D eigenvalue weighted by Gasteiger charge is -2.45. The number of nitrogen functional groups attached to an aromatic ring is 1. The second-order valence-corrected chi connectivity index (χ2v) is 11.2. The normalized spacial score (nSPS) is 24.9. The molecular weight excluding hydrogens is 487 g/mol. The van der Waals surface area contributed by atoms with Gasteiger partial charge in [0.1, 0.15) is 18.1 Å². The molecule has 10 nitrogen and oxygen atoms in total. The zero-order chi connectivity index (χ0) is 26.2. The van der Waals surface area contributed by atoms with Gasteiger partial charge in [0.05, 0.1) is 18.1 Å². The highest BCUT2D eigenvalue weighted by atomic mass is 19.1. The van der Waals surface area contributed by atoms with Crippen LogP contribution in [0, 0.1) is 5.95 Å². The number of pyridine rings is 1. The van der Waals surface area contributed by atoms with Gasteiger partial charge in [-0.1, -0.05) is 13.0 Å². The molecule has 3 fully saturated rings. The number of amides is 1. The molecule has 3 aliphatic rings. The highest BCUT2D eigenvalue weighted by Crippen LogP contribution is 2.52. The Balaban J connectivity index is 1.31. The van der Waals surface area contributed by atoms with Crippen LogP contribution in [0.15, 0.2) is 30.7 Å². The van der Waals surface area contributed by atoms with Gasteiger partial charge < -0.3 is 20.7 Å². The highest BCUT2D eigenvalue weighted by Gasteiger charge is 2.51. The number of H-pyrrole nitrogens is 1. The quantitative estimate of drug-likeness (QED) is 0.370. The number of aliphatic hydroxyl groups excluding tert-OH is 1. The first kappa shape index (κ1) is 23.3. The highest BCUT2D eigenvalue weighted by molar-refractivity contribution is 5.80. The zero-order valence-corrected chi connectivity index (χ0v) is 21.1. The Hall–Kier alpha value is -3.86. The minimum atomic E-state index is -0.513. The minimum Gasteiger partial charge on any atom is -0.387 e. The van der Waals surface area contributed by atoms with E-state index in [1.165, 1.54) is 0 Å². The predicted molar refractivity (Wildman–Crippen MR) is 137 cm³/mol. The first-order valence-electron chi connectivity index (χ1n) is 13.1. The monoisotopic (exact) mass is 516 g/mol. The average molecular weight is 517 g/mol. The third-order valence-electron chi connectivity index (χ3n) is 8.56. The molecule has 7 rings (SSSR count). The van der Waals surface area contributed by atoms with Crippen LogP contribution in [0.5, 0.6) is 0 Å². The molecule has 1 aliphatic carbocycles. The Bertz CT molecular complexity index is 1540. The van der Waals surface area contributed by atoms with E-state index in [1.54, 1.807) is 23.0 Å². The van der Waals surface area contributed by atoms with Crippen molar-refractivity contribution in [3.05, 3.63) is 47.9 Å². The van der Waals surface area contributed by atoms with Crippen molar-refractivity contribution in [2.45, 2.75) is 68.9 Å². The van der Waals surface area contributed by atoms with Crippen molar-refractivity contribution in [3.63, 3.8) is 0 Å². The van der Waals surface area contributed by atoms with Gasteiger partial charge in [-0.25, -0.2) is 9.97 Å². The summed E-state index contributed by atoms with van der Waals surface area (Å²) >= 11 is 0. The summed E-state index contributed by atoms with van der Waals surface area (Å²) in [5.74, 6) is 0.658. The second kappa shape index (κ2) is 8.32. The van der Waals surface area contributed by atoms with Crippen LogP contribution >= 0.6 is 0 Å². The molecule has 196 valence electrons. The zero-order valence-electron chi connectivity index (χ0n) is 21.1. The van der Waals surface area contributed by atoms with E-state index < -0.39 is 12.6 Å². The Labute approximate surface area is 218 Å². The third-order valence-corrected chi connectivity index (χ3v) is 8.56. The summed E-state index contributed by atoms with van der Waals surface area (Å²) in [5, 5.41) is 14.1. The summed E-state index contributed by atoms with van der Waals surface area (Å²) < 4.78 is 15.1. The number of aliphatic hydroxyl groups is 1. The molecule has 0 aromatic carbocycles. The molecule has 11 heteroatoms. The molecule has 38 heavy (non-hydrogen) atoms. The van der Waals surface area contributed by atoms with E-state index in [1.807, 2.05) is 11.0 Å². The number of carbonyl (C=O) groups excluding carboxylic acids is 1. The van der Waals surface area contributed by atoms with Crippen LogP contribution in [0.25, 0.3) is 28.3 Å². The van der Waals surface area contributed by atoms with Gasteiger partial charge >= 0.3 is 0 Å². The molecule has 2 atom stereocenters. The number of hydrogen-bond acceptors (Lipinski definition) is 7. The number of hydrogen-bond donors (Lipinski definition) is 3. The number of aromatic nitrogens is 6. The summed E-state index contributed by atoms with van der Waals surface area (Å²) in [6, 6.07) is 3.87. The number of rotatable bonds is 5. The van der Waals surface area contributed by atoms with Crippen molar-refractivity contribution < 1.29 is 14.3 Å². The average Bonchev–Trinajstić information content (AvgIpc) is 3.39. The number of aromatic amines is 1. The molecular formula is C27H29FN8O2. The van der Waals surface area contributed by atoms with Crippen molar-refractivity contribution in [2.75, 3.05) is 12.3 Å². The van der Waals surface area contributed by atoms with Gasteiger partial charge in [-0.05, 0) is 50.5 Å². The maximum absolute atomic E-state index is 13.4. The van der Waals surface area contributed by atoms with E-state index in [0.29, 0.717) is 28.9 Å². The molecule has 4 aromatic rings. The van der Waals surface area contributed by atoms with Gasteiger partial charge in [-0.3, -0.25) is 9.78 Å². The maximum atomic E-state index is 13.4. The van der Waals surface area contributed by atoms with Crippen LogP contribution in [0.1, 0.15) is 62.6 Å². The SMILES string of the molecule is CC1(c2nc3c(-c4ccc(-c5ncc(F)[nH]5)nc4)cnn3c(N)c2C2CC2)CC2CCC(C1)N2C(=O)CO. The number of halogens is 1. The van der Waals surface area contributed by atoms with E-state index in [2.05, 4.69) is 27.0 Å². The molecule has 1 amide bonds. The fourth-order valence-corrected chi connectivity index (χ4v) is 6.76. The lowest BCUT2D eigenvalue weighted by Crippen LogP contribution is -2.52. The van der Waals surface area contributed by atoms with Gasteiger partial charge in [0.25, 0.3) is 0 Å². The predicted octanol–water partition coefficient (Wildman–Crippen LogP) is 3.18. The number of anilines is 1. The number of imidazole rings is 1. The first-order chi connectivity index (χ1) is 18.4. The van der Waals surface area contributed by atoms with Gasteiger partial charge in [0.15, 0.2) is 11.5 Å². The molecule has 2 unspecified atom stereocenters. The Morgan fingerprint density at radius 2 is 1.92 bits per heavy atom. The van der Waals surface area contributed by atoms with Crippen LogP contribution < -0.4 is 5.73 Å². The number of nitrogens with two attached hydrogens (primary N) is 1. The topological polar surface area (TPSA) is 138 Å². The van der Waals surface area contributed by atoms with E-state index in [0.717, 1.165) is 67.1 Å². The van der Waals surface area contributed by atoms with Gasteiger partial charge in [-0.15, -0.1) is 0 Å². The van der Waals surface area contributed by atoms with E-state index >= 15 is 0 Å². The van der Waals surface area contributed by atoms with Crippen molar-refractivity contribution in [1.82, 2.24) is 34.4 Å². The molecule has 2 bridgehead atoms. The van der Waals surface area contributed by atoms with Crippen molar-refractivity contribution in [1.29, 1.82) is 0 Å². The number of carbonyl (C=O) groups is 1. The van der Waals surface area contributed by atoms with Crippen molar-refractivity contribution in [3.8, 4) is 22.6 Å². The van der Waals surface area contributed by atoms with Crippen LogP contribution in [0.2, 0.25) is 0 Å². The second-order valence-electron chi connectivity index (χ2n) is 11.2. The van der Waals surface area contributed by atoms with Crippen LogP contribution in [-0.2, 0) is 10.2 Å². The molecule has 2 saturated heterocycles. The van der Waals surface area contributed by atoms with Gasteiger partial charge in [-0.2, -0.15) is 14.0 Å². The molecule has 0 radical (unpaired) electrons. The smallest absolute Gasteiger partial charge is 0.248 e. The number of piperidine rings is 1. The maximum Gasteiger partial charge on any atom is 0.248 e. The molecule has 6 heterocycles. The van der Waals surface area contributed by atoms with Crippen LogP contribution in [-0.4, -0.2) is 64.2 Å². The molecule has 1 saturated carbocycles. The Morgan fingerprint density at radius 1 is 1.16 bits per heavy atom. The number of nitrogens with one attached hydrogen (secondary N) is 1. The van der Waals surface area contributed by atoms with Crippen molar-refractivity contribution >= 4 is 17.4 Å². The summed E-state index contributed by atoms with van der Waals surface area (Å²) in [7, 11) is 0. The van der Waals surface area contributed by atoms with Crippen LogP contribution in [0.3, 0.4) is 0 Å². The van der Waals surface area contributed by atoms with Gasteiger partial charge in [0.2, 0.25) is 11.9 Å². The summed E-state index contributed by atoms with van der Waals surface area (Å²) in [6.07, 6.45) is 10.2. The standard InChI is InChI=1S/C27H29FN8O2/c1-27(8-16-5-6-17(9-27)35(16)21(38)13-37)23-22(14-2-3-14)24(29)36-26(34-23)18(11-32-36)15-4-7-19(30-10-15)25-31-12-20(28)33-25/h4,7,10-12,14,16-17,37H,2-3,5-6,8-9,13,29H2,1H3,(H,31,33). The largest absolute Gasteiger partial charge is 0.387 e. The van der Waals surface area contributed by atoms with E-state index in [-0.39, 0.29) is 23.4 Å². The Kier molecular flexibility index (Phi) is 5.10.